The van der Waals surface area contributed by atoms with Crippen LogP contribution in [0.3, 0.4) is 0 Å². The predicted octanol–water partition coefficient (Wildman–Crippen LogP) is 4.94. The SMILES string of the molecule is O=C(Nc1ccc(-c2ccccc2)cc1)N1CCc2ccccc2C1. The van der Waals surface area contributed by atoms with E-state index in [0.29, 0.717) is 6.54 Å². The van der Waals surface area contributed by atoms with E-state index in [1.807, 2.05) is 53.4 Å². The van der Waals surface area contributed by atoms with Gasteiger partial charge >= 0.3 is 6.03 Å². The number of amides is 2. The first-order chi connectivity index (χ1) is 12.3. The molecule has 0 saturated carbocycles. The topological polar surface area (TPSA) is 32.3 Å². The standard InChI is InChI=1S/C22H20N2O/c25-22(24-15-14-18-8-4-5-9-20(18)16-24)23-21-12-10-19(11-13-21)17-6-2-1-3-7-17/h1-13H,14-16H2,(H,23,25). The third-order valence-corrected chi connectivity index (χ3v) is 4.66. The second-order valence-electron chi connectivity index (χ2n) is 6.31. The van der Waals surface area contributed by atoms with E-state index in [1.165, 1.54) is 16.7 Å². The molecule has 0 bridgehead atoms. The van der Waals surface area contributed by atoms with E-state index in [0.717, 1.165) is 24.2 Å². The Kier molecular flexibility index (Phi) is 4.21. The van der Waals surface area contributed by atoms with Crippen LogP contribution in [0.25, 0.3) is 11.1 Å². The molecule has 4 rings (SSSR count). The Morgan fingerprint density at radius 3 is 2.16 bits per heavy atom. The summed E-state index contributed by atoms with van der Waals surface area (Å²) < 4.78 is 0. The maximum atomic E-state index is 12.5. The molecule has 25 heavy (non-hydrogen) atoms. The van der Waals surface area contributed by atoms with Crippen molar-refractivity contribution in [2.75, 3.05) is 11.9 Å². The molecule has 0 aliphatic carbocycles. The fraction of sp³-hybridized carbons (Fsp3) is 0.136. The summed E-state index contributed by atoms with van der Waals surface area (Å²) in [5, 5.41) is 3.01. The van der Waals surface area contributed by atoms with Crippen LogP contribution in [0.5, 0.6) is 0 Å². The monoisotopic (exact) mass is 328 g/mol. The van der Waals surface area contributed by atoms with Crippen molar-refractivity contribution in [1.29, 1.82) is 0 Å². The fourth-order valence-corrected chi connectivity index (χ4v) is 3.25. The number of carbonyl (C=O) groups is 1. The Balaban J connectivity index is 1.43. The summed E-state index contributed by atoms with van der Waals surface area (Å²) in [6, 6.07) is 26.5. The van der Waals surface area contributed by atoms with Crippen molar-refractivity contribution >= 4 is 11.7 Å². The zero-order valence-electron chi connectivity index (χ0n) is 14.0. The lowest BCUT2D eigenvalue weighted by Gasteiger charge is -2.29. The Hall–Kier alpha value is -3.07. The zero-order chi connectivity index (χ0) is 17.1. The van der Waals surface area contributed by atoms with E-state index in [-0.39, 0.29) is 6.03 Å². The van der Waals surface area contributed by atoms with Gasteiger partial charge < -0.3 is 10.2 Å². The number of carbonyl (C=O) groups excluding carboxylic acids is 1. The summed E-state index contributed by atoms with van der Waals surface area (Å²) in [5.74, 6) is 0. The largest absolute Gasteiger partial charge is 0.322 e. The van der Waals surface area contributed by atoms with Crippen LogP contribution in [0.4, 0.5) is 10.5 Å². The number of rotatable bonds is 2. The van der Waals surface area contributed by atoms with Gasteiger partial charge in [-0.1, -0.05) is 66.7 Å². The number of benzene rings is 3. The van der Waals surface area contributed by atoms with Crippen molar-refractivity contribution in [2.24, 2.45) is 0 Å². The average molecular weight is 328 g/mol. The maximum absolute atomic E-state index is 12.5. The highest BCUT2D eigenvalue weighted by molar-refractivity contribution is 5.89. The molecule has 3 nitrogen and oxygen atoms in total. The first-order valence-corrected chi connectivity index (χ1v) is 8.58. The van der Waals surface area contributed by atoms with Crippen molar-refractivity contribution in [3.63, 3.8) is 0 Å². The average Bonchev–Trinajstić information content (AvgIpc) is 2.69. The molecule has 1 aliphatic heterocycles. The molecule has 1 aliphatic rings. The van der Waals surface area contributed by atoms with Gasteiger partial charge in [0.25, 0.3) is 0 Å². The van der Waals surface area contributed by atoms with Crippen molar-refractivity contribution in [3.8, 4) is 11.1 Å². The number of hydrogen-bond acceptors (Lipinski definition) is 1. The summed E-state index contributed by atoms with van der Waals surface area (Å²) >= 11 is 0. The lowest BCUT2D eigenvalue weighted by Crippen LogP contribution is -2.38. The molecule has 0 spiro atoms. The van der Waals surface area contributed by atoms with Gasteiger partial charge in [0.05, 0.1) is 0 Å². The molecule has 1 N–H and O–H groups in total. The Bertz CT molecular complexity index is 872. The molecule has 2 amide bonds. The molecule has 0 saturated heterocycles. The summed E-state index contributed by atoms with van der Waals surface area (Å²) in [7, 11) is 0. The van der Waals surface area contributed by atoms with Gasteiger partial charge in [-0.15, -0.1) is 0 Å². The van der Waals surface area contributed by atoms with Crippen molar-refractivity contribution in [2.45, 2.75) is 13.0 Å². The van der Waals surface area contributed by atoms with Crippen LogP contribution in [-0.4, -0.2) is 17.5 Å². The molecule has 0 radical (unpaired) electrons. The molecule has 1 heterocycles. The van der Waals surface area contributed by atoms with E-state index in [9.17, 15) is 4.79 Å². The van der Waals surface area contributed by atoms with Crippen LogP contribution in [0, 0.1) is 0 Å². The fourth-order valence-electron chi connectivity index (χ4n) is 3.25. The van der Waals surface area contributed by atoms with Crippen LogP contribution < -0.4 is 5.32 Å². The second-order valence-corrected chi connectivity index (χ2v) is 6.31. The van der Waals surface area contributed by atoms with Crippen LogP contribution >= 0.6 is 0 Å². The second kappa shape index (κ2) is 6.81. The highest BCUT2D eigenvalue weighted by Crippen LogP contribution is 2.22. The maximum Gasteiger partial charge on any atom is 0.322 e. The molecule has 3 heteroatoms. The molecule has 0 unspecified atom stereocenters. The number of anilines is 1. The molecule has 0 fully saturated rings. The molecule has 0 aromatic heterocycles. The summed E-state index contributed by atoms with van der Waals surface area (Å²) in [6.07, 6.45) is 0.913. The van der Waals surface area contributed by atoms with E-state index in [4.69, 9.17) is 0 Å². The van der Waals surface area contributed by atoms with Crippen molar-refractivity contribution in [1.82, 2.24) is 4.90 Å². The Morgan fingerprint density at radius 2 is 1.40 bits per heavy atom. The van der Waals surface area contributed by atoms with Gasteiger partial charge in [0, 0.05) is 18.8 Å². The van der Waals surface area contributed by atoms with Gasteiger partial charge in [-0.05, 0) is 40.8 Å². The van der Waals surface area contributed by atoms with Crippen LogP contribution in [0.1, 0.15) is 11.1 Å². The Labute approximate surface area is 147 Å². The minimum absolute atomic E-state index is 0.0398. The van der Waals surface area contributed by atoms with Gasteiger partial charge in [-0.25, -0.2) is 4.79 Å². The summed E-state index contributed by atoms with van der Waals surface area (Å²) in [5.41, 5.74) is 5.73. The molecule has 0 atom stereocenters. The molecule has 3 aromatic carbocycles. The molecular formula is C22H20N2O. The minimum Gasteiger partial charge on any atom is -0.320 e. The minimum atomic E-state index is -0.0398. The van der Waals surface area contributed by atoms with Crippen LogP contribution in [-0.2, 0) is 13.0 Å². The van der Waals surface area contributed by atoms with E-state index < -0.39 is 0 Å². The van der Waals surface area contributed by atoms with E-state index in [1.54, 1.807) is 0 Å². The predicted molar refractivity (Wildman–Crippen MR) is 101 cm³/mol. The smallest absolute Gasteiger partial charge is 0.320 e. The van der Waals surface area contributed by atoms with Gasteiger partial charge in [-0.3, -0.25) is 0 Å². The highest BCUT2D eigenvalue weighted by Gasteiger charge is 2.20. The number of fused-ring (bicyclic) bond motifs is 1. The van der Waals surface area contributed by atoms with Gasteiger partial charge in [-0.2, -0.15) is 0 Å². The number of nitrogens with zero attached hydrogens (tertiary/aromatic N) is 1. The van der Waals surface area contributed by atoms with Gasteiger partial charge in [0.2, 0.25) is 0 Å². The van der Waals surface area contributed by atoms with E-state index in [2.05, 4.69) is 35.6 Å². The molecule has 124 valence electrons. The van der Waals surface area contributed by atoms with Crippen molar-refractivity contribution in [3.05, 3.63) is 90.0 Å². The molecular weight excluding hydrogens is 308 g/mol. The third-order valence-electron chi connectivity index (χ3n) is 4.66. The summed E-state index contributed by atoms with van der Waals surface area (Å²) in [4.78, 5) is 14.4. The van der Waals surface area contributed by atoms with Gasteiger partial charge in [0.15, 0.2) is 0 Å². The Morgan fingerprint density at radius 1 is 0.760 bits per heavy atom. The highest BCUT2D eigenvalue weighted by atomic mass is 16.2. The zero-order valence-corrected chi connectivity index (χ0v) is 14.0. The summed E-state index contributed by atoms with van der Waals surface area (Å²) in [6.45, 7) is 1.43. The first-order valence-electron chi connectivity index (χ1n) is 8.58. The third kappa shape index (κ3) is 3.41. The number of urea groups is 1. The van der Waals surface area contributed by atoms with Gasteiger partial charge in [0.1, 0.15) is 0 Å². The van der Waals surface area contributed by atoms with Crippen LogP contribution in [0.15, 0.2) is 78.9 Å². The van der Waals surface area contributed by atoms with Crippen LogP contribution in [0.2, 0.25) is 0 Å². The first kappa shape index (κ1) is 15.5. The quantitative estimate of drug-likeness (QED) is 0.710. The number of hydrogen-bond donors (Lipinski definition) is 1. The molecule has 3 aromatic rings. The number of nitrogens with one attached hydrogen (secondary N) is 1. The lowest BCUT2D eigenvalue weighted by atomic mass is 10.0. The van der Waals surface area contributed by atoms with E-state index >= 15 is 0 Å². The van der Waals surface area contributed by atoms with Crippen molar-refractivity contribution < 1.29 is 4.79 Å². The lowest BCUT2D eigenvalue weighted by molar-refractivity contribution is 0.206. The normalized spacial score (nSPS) is 13.2.